The van der Waals surface area contributed by atoms with E-state index in [9.17, 15) is 19.5 Å². The van der Waals surface area contributed by atoms with Gasteiger partial charge in [-0.15, -0.1) is 0 Å². The average molecular weight is 501 g/mol. The number of hydrogen-bond donors (Lipinski definition) is 2. The van der Waals surface area contributed by atoms with Gasteiger partial charge in [0.05, 0.1) is 28.0 Å². The predicted molar refractivity (Wildman–Crippen MR) is 140 cm³/mol. The molecule has 0 bridgehead atoms. The zero-order chi connectivity index (χ0) is 27.0. The first-order valence-electron chi connectivity index (χ1n) is 11.8. The van der Waals surface area contributed by atoms with E-state index in [-0.39, 0.29) is 22.6 Å². The molecular weight excluding hydrogens is 473 g/mol. The summed E-state index contributed by atoms with van der Waals surface area (Å²) in [5.74, 6) is -2.42. The highest BCUT2D eigenvalue weighted by molar-refractivity contribution is 6.62. The van der Waals surface area contributed by atoms with Gasteiger partial charge in [-0.05, 0) is 68.6 Å². The monoisotopic (exact) mass is 501 g/mol. The highest BCUT2D eigenvalue weighted by Crippen LogP contribution is 2.37. The van der Waals surface area contributed by atoms with Crippen molar-refractivity contribution in [3.8, 4) is 16.9 Å². The van der Waals surface area contributed by atoms with E-state index in [2.05, 4.69) is 5.32 Å². The van der Waals surface area contributed by atoms with Gasteiger partial charge in [-0.1, -0.05) is 42.5 Å². The third-order valence-electron chi connectivity index (χ3n) is 6.63. The molecule has 3 aromatic rings. The molecule has 1 fully saturated rings. The number of anilines is 1. The second-order valence-corrected chi connectivity index (χ2v) is 9.82. The Kier molecular flexibility index (Phi) is 6.95. The fourth-order valence-electron chi connectivity index (χ4n) is 3.93. The third kappa shape index (κ3) is 5.43. The van der Waals surface area contributed by atoms with Gasteiger partial charge >= 0.3 is 19.1 Å². The number of carbonyl (C=O) groups excluding carboxylic acids is 2. The highest BCUT2D eigenvalue weighted by atomic mass is 16.7. The van der Waals surface area contributed by atoms with Crippen LogP contribution in [0.2, 0.25) is 0 Å². The number of carboxylic acids is 1. The van der Waals surface area contributed by atoms with Crippen LogP contribution >= 0.6 is 0 Å². The number of aromatic carboxylic acids is 1. The summed E-state index contributed by atoms with van der Waals surface area (Å²) in [7, 11) is -0.751. The normalized spacial score (nSPS) is 15.8. The minimum absolute atomic E-state index is 0.0290. The summed E-state index contributed by atoms with van der Waals surface area (Å²) in [5.41, 5.74) is 1.01. The van der Waals surface area contributed by atoms with Gasteiger partial charge in [0.25, 0.3) is 5.91 Å². The van der Waals surface area contributed by atoms with Crippen LogP contribution < -0.4 is 15.5 Å². The molecule has 3 aromatic carbocycles. The molecule has 0 spiro atoms. The fourth-order valence-corrected chi connectivity index (χ4v) is 3.93. The van der Waals surface area contributed by atoms with Crippen LogP contribution in [0.5, 0.6) is 5.75 Å². The standard InChI is InChI=1S/C28H28BNO7/c1-17(31)35-24-14-12-20(29-36-27(2,3)28(4,5)37-29)16-22(24)25(32)30-23-15-19(11-13-21(23)26(33)34)18-9-7-6-8-10-18/h6-16H,1-5H3,(H,30,32)(H,33,34). The summed E-state index contributed by atoms with van der Waals surface area (Å²) >= 11 is 0. The van der Waals surface area contributed by atoms with Gasteiger partial charge in [-0.25, -0.2) is 4.79 Å². The Morgan fingerprint density at radius 2 is 1.49 bits per heavy atom. The quantitative estimate of drug-likeness (QED) is 0.290. The predicted octanol–water partition coefficient (Wildman–Crippen LogP) is 4.53. The van der Waals surface area contributed by atoms with Crippen LogP contribution in [0.1, 0.15) is 55.3 Å². The lowest BCUT2D eigenvalue weighted by molar-refractivity contribution is -0.131. The van der Waals surface area contributed by atoms with E-state index in [0.29, 0.717) is 5.46 Å². The molecular formula is C28H28BNO7. The maximum Gasteiger partial charge on any atom is 0.494 e. The second kappa shape index (κ2) is 9.84. The number of amides is 1. The van der Waals surface area contributed by atoms with Crippen molar-refractivity contribution in [1.29, 1.82) is 0 Å². The Morgan fingerprint density at radius 1 is 0.838 bits per heavy atom. The molecule has 0 aliphatic carbocycles. The van der Waals surface area contributed by atoms with Crippen LogP contribution in [0, 0.1) is 0 Å². The van der Waals surface area contributed by atoms with Gasteiger partial charge in [0.2, 0.25) is 0 Å². The lowest BCUT2D eigenvalue weighted by Crippen LogP contribution is -2.41. The van der Waals surface area contributed by atoms with Crippen molar-refractivity contribution in [3.63, 3.8) is 0 Å². The molecule has 1 aliphatic heterocycles. The topological polar surface area (TPSA) is 111 Å². The van der Waals surface area contributed by atoms with Crippen LogP contribution in [-0.2, 0) is 14.1 Å². The van der Waals surface area contributed by atoms with Gasteiger partial charge in [0.15, 0.2) is 0 Å². The van der Waals surface area contributed by atoms with Crippen molar-refractivity contribution in [3.05, 3.63) is 77.9 Å². The largest absolute Gasteiger partial charge is 0.494 e. The van der Waals surface area contributed by atoms with Gasteiger partial charge < -0.3 is 24.5 Å². The number of rotatable bonds is 6. The van der Waals surface area contributed by atoms with E-state index in [0.717, 1.165) is 11.1 Å². The summed E-state index contributed by atoms with van der Waals surface area (Å²) in [4.78, 5) is 37.1. The first-order chi connectivity index (χ1) is 17.4. The van der Waals surface area contributed by atoms with Crippen LogP contribution in [0.15, 0.2) is 66.7 Å². The zero-order valence-electron chi connectivity index (χ0n) is 21.3. The first kappa shape index (κ1) is 26.1. The number of esters is 1. The summed E-state index contributed by atoms with van der Waals surface area (Å²) in [6.07, 6.45) is 0. The van der Waals surface area contributed by atoms with Gasteiger partial charge in [-0.2, -0.15) is 0 Å². The van der Waals surface area contributed by atoms with Crippen LogP contribution in [0.25, 0.3) is 11.1 Å². The van der Waals surface area contributed by atoms with Crippen LogP contribution in [-0.4, -0.2) is 41.3 Å². The molecule has 1 saturated heterocycles. The lowest BCUT2D eigenvalue weighted by Gasteiger charge is -2.32. The smallest absolute Gasteiger partial charge is 0.478 e. The van der Waals surface area contributed by atoms with Crippen molar-refractivity contribution in [2.24, 2.45) is 0 Å². The van der Waals surface area contributed by atoms with E-state index in [1.807, 2.05) is 58.0 Å². The molecule has 1 amide bonds. The van der Waals surface area contributed by atoms with Gasteiger partial charge in [0, 0.05) is 6.92 Å². The molecule has 1 aliphatic rings. The molecule has 9 heteroatoms. The summed E-state index contributed by atoms with van der Waals surface area (Å²) < 4.78 is 17.5. The van der Waals surface area contributed by atoms with Crippen molar-refractivity contribution in [2.75, 3.05) is 5.32 Å². The SMILES string of the molecule is CC(=O)Oc1ccc(B2OC(C)(C)C(C)(C)O2)cc1C(=O)Nc1cc(-c2ccccc2)ccc1C(=O)O. The number of hydrogen-bond acceptors (Lipinski definition) is 6. The van der Waals surface area contributed by atoms with E-state index >= 15 is 0 Å². The van der Waals surface area contributed by atoms with Crippen molar-refractivity contribution in [2.45, 2.75) is 45.8 Å². The van der Waals surface area contributed by atoms with Crippen LogP contribution in [0.3, 0.4) is 0 Å². The van der Waals surface area contributed by atoms with Crippen molar-refractivity contribution < 1.29 is 33.5 Å². The number of carbonyl (C=O) groups is 3. The maximum atomic E-state index is 13.5. The molecule has 1 heterocycles. The van der Waals surface area contributed by atoms with Crippen molar-refractivity contribution >= 4 is 36.1 Å². The molecule has 8 nitrogen and oxygen atoms in total. The van der Waals surface area contributed by atoms with E-state index in [1.54, 1.807) is 18.2 Å². The molecule has 2 N–H and O–H groups in total. The Morgan fingerprint density at radius 3 is 2.08 bits per heavy atom. The van der Waals surface area contributed by atoms with Gasteiger partial charge in [-0.3, -0.25) is 9.59 Å². The molecule has 0 saturated carbocycles. The molecule has 4 rings (SSSR count). The Bertz CT molecular complexity index is 1350. The fraction of sp³-hybridized carbons (Fsp3) is 0.250. The molecule has 190 valence electrons. The maximum absolute atomic E-state index is 13.5. The van der Waals surface area contributed by atoms with E-state index in [4.69, 9.17) is 14.0 Å². The summed E-state index contributed by atoms with van der Waals surface area (Å²) in [6, 6.07) is 18.8. The number of carboxylic acid groups (broad SMARTS) is 1. The second-order valence-electron chi connectivity index (χ2n) is 9.82. The van der Waals surface area contributed by atoms with Crippen molar-refractivity contribution in [1.82, 2.24) is 0 Å². The Labute approximate surface area is 215 Å². The number of ether oxygens (including phenoxy) is 1. The average Bonchev–Trinajstić information content (AvgIpc) is 3.06. The lowest BCUT2D eigenvalue weighted by atomic mass is 9.78. The van der Waals surface area contributed by atoms with Crippen LogP contribution in [0.4, 0.5) is 5.69 Å². The van der Waals surface area contributed by atoms with E-state index in [1.165, 1.54) is 25.1 Å². The summed E-state index contributed by atoms with van der Waals surface area (Å²) in [6.45, 7) is 8.90. The minimum Gasteiger partial charge on any atom is -0.478 e. The molecule has 37 heavy (non-hydrogen) atoms. The minimum atomic E-state index is -1.19. The highest BCUT2D eigenvalue weighted by Gasteiger charge is 2.51. The number of nitrogens with one attached hydrogen (secondary N) is 1. The molecule has 0 atom stereocenters. The molecule has 0 unspecified atom stereocenters. The Hall–Kier alpha value is -3.95. The summed E-state index contributed by atoms with van der Waals surface area (Å²) in [5, 5.41) is 12.4. The molecule has 0 radical (unpaired) electrons. The van der Waals surface area contributed by atoms with Gasteiger partial charge in [0.1, 0.15) is 5.75 Å². The first-order valence-corrected chi connectivity index (χ1v) is 11.8. The number of benzene rings is 3. The Balaban J connectivity index is 1.72. The third-order valence-corrected chi connectivity index (χ3v) is 6.63. The molecule has 0 aromatic heterocycles. The zero-order valence-corrected chi connectivity index (χ0v) is 21.3. The van der Waals surface area contributed by atoms with E-state index < -0.39 is 36.2 Å².